The molecule has 2 aromatic heterocycles. The molecule has 0 aliphatic heterocycles. The highest BCUT2D eigenvalue weighted by atomic mass is 16.5. The number of hydrogen-bond acceptors (Lipinski definition) is 6. The van der Waals surface area contributed by atoms with E-state index in [0.29, 0.717) is 34.2 Å². The Morgan fingerprint density at radius 3 is 2.66 bits per heavy atom. The first-order chi connectivity index (χ1) is 15.5. The fourth-order valence-corrected chi connectivity index (χ4v) is 3.41. The molecule has 0 bridgehead atoms. The molecule has 7 nitrogen and oxygen atoms in total. The van der Waals surface area contributed by atoms with Gasteiger partial charge in [-0.15, -0.1) is 0 Å². The molecule has 2 aromatic carbocycles. The average Bonchev–Trinajstić information content (AvgIpc) is 2.80. The lowest BCUT2D eigenvalue weighted by Gasteiger charge is -2.12. The van der Waals surface area contributed by atoms with E-state index in [-0.39, 0.29) is 18.7 Å². The van der Waals surface area contributed by atoms with E-state index < -0.39 is 5.63 Å². The van der Waals surface area contributed by atoms with Gasteiger partial charge in [0.2, 0.25) is 11.8 Å². The van der Waals surface area contributed by atoms with Crippen molar-refractivity contribution in [1.82, 2.24) is 4.98 Å². The van der Waals surface area contributed by atoms with Crippen molar-refractivity contribution in [3.63, 3.8) is 0 Å². The van der Waals surface area contributed by atoms with Crippen LogP contribution in [-0.2, 0) is 11.2 Å². The number of ether oxygens (including phenoxy) is 2. The molecule has 0 radical (unpaired) electrons. The van der Waals surface area contributed by atoms with E-state index >= 15 is 0 Å². The van der Waals surface area contributed by atoms with Crippen molar-refractivity contribution in [3.8, 4) is 17.4 Å². The van der Waals surface area contributed by atoms with Crippen molar-refractivity contribution in [2.75, 3.05) is 12.4 Å². The molecule has 0 saturated heterocycles. The lowest BCUT2D eigenvalue weighted by Crippen LogP contribution is -2.17. The third-order valence-corrected chi connectivity index (χ3v) is 5.10. The first kappa shape index (κ1) is 21.1. The number of benzene rings is 2. The monoisotopic (exact) mass is 430 g/mol. The molecule has 0 atom stereocenters. The quantitative estimate of drug-likeness (QED) is 0.421. The van der Waals surface area contributed by atoms with Gasteiger partial charge in [0.05, 0.1) is 7.11 Å². The summed E-state index contributed by atoms with van der Waals surface area (Å²) in [4.78, 5) is 29.3. The summed E-state index contributed by atoms with van der Waals surface area (Å²) in [5.41, 5.74) is 1.73. The third-order valence-electron chi connectivity index (χ3n) is 5.10. The first-order valence-electron chi connectivity index (χ1n) is 10.1. The molecule has 0 aliphatic rings. The van der Waals surface area contributed by atoms with E-state index in [9.17, 15) is 9.59 Å². The number of nitrogens with one attached hydrogen (secondary N) is 1. The van der Waals surface area contributed by atoms with Crippen LogP contribution in [-0.4, -0.2) is 18.0 Å². The van der Waals surface area contributed by atoms with E-state index in [1.807, 2.05) is 37.3 Å². The zero-order valence-corrected chi connectivity index (χ0v) is 17.8. The number of nitrogens with zero attached hydrogens (tertiary/aromatic N) is 1. The van der Waals surface area contributed by atoms with Crippen LogP contribution < -0.4 is 20.4 Å². The van der Waals surface area contributed by atoms with Gasteiger partial charge < -0.3 is 19.2 Å². The summed E-state index contributed by atoms with van der Waals surface area (Å²) in [5.74, 6) is 1.26. The number of anilines is 1. The zero-order valence-electron chi connectivity index (χ0n) is 17.8. The predicted octanol–water partition coefficient (Wildman–Crippen LogP) is 4.87. The number of rotatable bonds is 7. The van der Waals surface area contributed by atoms with E-state index in [2.05, 4.69) is 10.3 Å². The molecule has 4 rings (SSSR count). The molecule has 1 N–H and O–H groups in total. The summed E-state index contributed by atoms with van der Waals surface area (Å²) in [6, 6.07) is 18.0. The average molecular weight is 430 g/mol. The van der Waals surface area contributed by atoms with Gasteiger partial charge in [-0.05, 0) is 55.3 Å². The molecule has 162 valence electrons. The number of fused-ring (bicyclic) bond motifs is 1. The Bertz CT molecular complexity index is 1320. The van der Waals surface area contributed by atoms with E-state index in [1.165, 1.54) is 0 Å². The van der Waals surface area contributed by atoms with Crippen molar-refractivity contribution in [2.24, 2.45) is 0 Å². The van der Waals surface area contributed by atoms with Gasteiger partial charge in [-0.3, -0.25) is 4.79 Å². The zero-order chi connectivity index (χ0) is 22.5. The molecule has 4 aromatic rings. The maximum atomic E-state index is 12.6. The maximum absolute atomic E-state index is 12.6. The number of aryl methyl sites for hydroxylation is 1. The van der Waals surface area contributed by atoms with Crippen LogP contribution in [0.1, 0.15) is 17.5 Å². The highest BCUT2D eigenvalue weighted by molar-refractivity contribution is 5.92. The van der Waals surface area contributed by atoms with Crippen LogP contribution in [0.5, 0.6) is 17.4 Å². The Morgan fingerprint density at radius 2 is 1.88 bits per heavy atom. The molecule has 0 fully saturated rings. The number of hydrogen-bond donors (Lipinski definition) is 1. The van der Waals surface area contributed by atoms with Crippen molar-refractivity contribution in [1.29, 1.82) is 0 Å². The number of para-hydroxylation sites is 1. The predicted molar refractivity (Wildman–Crippen MR) is 121 cm³/mol. The Labute approximate surface area is 184 Å². The minimum Gasteiger partial charge on any atom is -0.497 e. The molecule has 0 saturated carbocycles. The van der Waals surface area contributed by atoms with Crippen LogP contribution in [0.4, 0.5) is 5.69 Å². The number of aromatic nitrogens is 1. The molecule has 7 heteroatoms. The van der Waals surface area contributed by atoms with Crippen LogP contribution in [0.2, 0.25) is 0 Å². The van der Waals surface area contributed by atoms with Gasteiger partial charge in [0, 0.05) is 29.6 Å². The van der Waals surface area contributed by atoms with Crippen LogP contribution in [0.3, 0.4) is 0 Å². The SMILES string of the molecule is COc1ccc2c(C)c(CCC(=O)Nc3cccnc3Oc3ccccc3)c(=O)oc2c1. The fraction of sp³-hybridized carbons (Fsp3) is 0.160. The van der Waals surface area contributed by atoms with Gasteiger partial charge in [-0.2, -0.15) is 0 Å². The van der Waals surface area contributed by atoms with Crippen molar-refractivity contribution < 1.29 is 18.7 Å². The number of pyridine rings is 1. The number of amides is 1. The van der Waals surface area contributed by atoms with Crippen LogP contribution in [0.25, 0.3) is 11.0 Å². The van der Waals surface area contributed by atoms with Gasteiger partial charge in [0.1, 0.15) is 22.8 Å². The van der Waals surface area contributed by atoms with Crippen LogP contribution in [0, 0.1) is 6.92 Å². The molecule has 2 heterocycles. The van der Waals surface area contributed by atoms with Gasteiger partial charge in [-0.1, -0.05) is 18.2 Å². The normalized spacial score (nSPS) is 10.7. The van der Waals surface area contributed by atoms with Crippen LogP contribution >= 0.6 is 0 Å². The molecular formula is C25H22N2O5. The standard InChI is InChI=1S/C25H22N2O5/c1-16-19-11-10-18(30-2)15-22(19)32-25(29)20(16)12-13-23(28)27-21-9-6-14-26-24(21)31-17-7-4-3-5-8-17/h3-11,14-15H,12-13H2,1-2H3,(H,27,28). The molecule has 1 amide bonds. The Hall–Kier alpha value is -4.13. The Kier molecular flexibility index (Phi) is 6.17. The highest BCUT2D eigenvalue weighted by Crippen LogP contribution is 2.27. The summed E-state index contributed by atoms with van der Waals surface area (Å²) >= 11 is 0. The smallest absolute Gasteiger partial charge is 0.339 e. The fourth-order valence-electron chi connectivity index (χ4n) is 3.41. The van der Waals surface area contributed by atoms with Gasteiger partial charge in [0.25, 0.3) is 0 Å². The lowest BCUT2D eigenvalue weighted by molar-refractivity contribution is -0.116. The van der Waals surface area contributed by atoms with E-state index in [0.717, 1.165) is 10.9 Å². The van der Waals surface area contributed by atoms with Crippen LogP contribution in [0.15, 0.2) is 76.1 Å². The second-order valence-corrected chi connectivity index (χ2v) is 7.17. The maximum Gasteiger partial charge on any atom is 0.339 e. The molecular weight excluding hydrogens is 408 g/mol. The number of methoxy groups -OCH3 is 1. The van der Waals surface area contributed by atoms with Crippen molar-refractivity contribution >= 4 is 22.6 Å². The molecule has 0 aliphatic carbocycles. The topological polar surface area (TPSA) is 90.7 Å². The van der Waals surface area contributed by atoms with Crippen molar-refractivity contribution in [2.45, 2.75) is 19.8 Å². The lowest BCUT2D eigenvalue weighted by atomic mass is 10.0. The summed E-state index contributed by atoms with van der Waals surface area (Å²) in [6.07, 6.45) is 1.94. The van der Waals surface area contributed by atoms with E-state index in [4.69, 9.17) is 13.9 Å². The summed E-state index contributed by atoms with van der Waals surface area (Å²) in [6.45, 7) is 1.85. The number of carbonyl (C=O) groups excluding carboxylic acids is 1. The molecule has 0 spiro atoms. The largest absolute Gasteiger partial charge is 0.497 e. The summed E-state index contributed by atoms with van der Waals surface area (Å²) in [7, 11) is 1.55. The third kappa shape index (κ3) is 4.62. The second-order valence-electron chi connectivity index (χ2n) is 7.17. The first-order valence-corrected chi connectivity index (χ1v) is 10.1. The van der Waals surface area contributed by atoms with Crippen molar-refractivity contribution in [3.05, 3.63) is 88.4 Å². The van der Waals surface area contributed by atoms with Gasteiger partial charge in [-0.25, -0.2) is 9.78 Å². The minimum absolute atomic E-state index is 0.104. The second kappa shape index (κ2) is 9.34. The molecule has 0 unspecified atom stereocenters. The summed E-state index contributed by atoms with van der Waals surface area (Å²) in [5, 5.41) is 3.63. The molecule has 32 heavy (non-hydrogen) atoms. The van der Waals surface area contributed by atoms with E-state index in [1.54, 1.807) is 43.6 Å². The minimum atomic E-state index is -0.453. The van der Waals surface area contributed by atoms with Gasteiger partial charge >= 0.3 is 5.63 Å². The highest BCUT2D eigenvalue weighted by Gasteiger charge is 2.15. The Morgan fingerprint density at radius 1 is 1.06 bits per heavy atom. The Balaban J connectivity index is 1.48. The van der Waals surface area contributed by atoms with Gasteiger partial charge in [0.15, 0.2) is 0 Å². The number of carbonyl (C=O) groups is 1. The summed E-state index contributed by atoms with van der Waals surface area (Å²) < 4.78 is 16.4.